The average molecular weight is 343 g/mol. The van der Waals surface area contributed by atoms with Gasteiger partial charge in [-0.1, -0.05) is 30.3 Å². The molecule has 0 spiro atoms. The average Bonchev–Trinajstić information content (AvgIpc) is 2.63. The Labute approximate surface area is 144 Å². The summed E-state index contributed by atoms with van der Waals surface area (Å²) in [5, 5.41) is 0. The van der Waals surface area contributed by atoms with E-state index in [4.69, 9.17) is 4.74 Å². The van der Waals surface area contributed by atoms with Crippen LogP contribution in [0.15, 0.2) is 54.6 Å². The van der Waals surface area contributed by atoms with E-state index < -0.39 is 10.8 Å². The number of carbonyl (C=O) groups is 1. The van der Waals surface area contributed by atoms with Crippen LogP contribution < -0.4 is 4.74 Å². The lowest BCUT2D eigenvalue weighted by Gasteiger charge is -2.26. The fourth-order valence-electron chi connectivity index (χ4n) is 2.70. The second-order valence-corrected chi connectivity index (χ2v) is 7.53. The second-order valence-electron chi connectivity index (χ2n) is 5.84. The molecule has 1 fully saturated rings. The quantitative estimate of drug-likeness (QED) is 0.857. The van der Waals surface area contributed by atoms with E-state index in [1.165, 1.54) is 0 Å². The van der Waals surface area contributed by atoms with Crippen molar-refractivity contribution >= 4 is 16.7 Å². The number of carbonyl (C=O) groups excluding carboxylic acids is 1. The molecule has 3 rings (SSSR count). The zero-order chi connectivity index (χ0) is 16.9. The Morgan fingerprint density at radius 1 is 1.04 bits per heavy atom. The zero-order valence-electron chi connectivity index (χ0n) is 13.7. The maximum atomic E-state index is 12.4. The Morgan fingerprint density at radius 3 is 2.29 bits per heavy atom. The topological polar surface area (TPSA) is 46.6 Å². The molecule has 2 aromatic rings. The van der Waals surface area contributed by atoms with Gasteiger partial charge in [-0.15, -0.1) is 0 Å². The van der Waals surface area contributed by atoms with E-state index in [2.05, 4.69) is 0 Å². The predicted octanol–water partition coefficient (Wildman–Crippen LogP) is 3.03. The molecule has 24 heavy (non-hydrogen) atoms. The minimum Gasteiger partial charge on any atom is -0.486 e. The maximum Gasteiger partial charge on any atom is 0.253 e. The first-order valence-electron chi connectivity index (χ1n) is 8.09. The monoisotopic (exact) mass is 343 g/mol. The summed E-state index contributed by atoms with van der Waals surface area (Å²) in [5.74, 6) is 1.88. The second kappa shape index (κ2) is 7.62. The van der Waals surface area contributed by atoms with Gasteiger partial charge in [0.25, 0.3) is 5.91 Å². The fraction of sp³-hybridized carbons (Fsp3) is 0.316. The number of nitrogens with zero attached hydrogens (tertiary/aromatic N) is 1. The first-order valence-corrected chi connectivity index (χ1v) is 9.58. The number of hydrogen-bond donors (Lipinski definition) is 0. The molecule has 0 aliphatic carbocycles. The molecule has 1 heterocycles. The molecule has 0 radical (unpaired) electrons. The van der Waals surface area contributed by atoms with Crippen LogP contribution in [0.1, 0.15) is 28.9 Å². The standard InChI is InChI=1S/C19H21NO3S/c1-15(16-5-3-2-4-6-16)23-18-9-7-17(8-10-18)19(21)20-11-13-24(22)14-12-20/h2-10,15H,11-14H2,1H3/t15-/m0/s1. The normalized spacial score (nSPS) is 16.6. The largest absolute Gasteiger partial charge is 0.486 e. The highest BCUT2D eigenvalue weighted by molar-refractivity contribution is 7.85. The third-order valence-electron chi connectivity index (χ3n) is 4.15. The van der Waals surface area contributed by atoms with Gasteiger partial charge in [-0.2, -0.15) is 0 Å². The maximum absolute atomic E-state index is 12.4. The van der Waals surface area contributed by atoms with E-state index in [0.29, 0.717) is 30.2 Å². The van der Waals surface area contributed by atoms with Crippen LogP contribution >= 0.6 is 0 Å². The zero-order valence-corrected chi connectivity index (χ0v) is 14.5. The van der Waals surface area contributed by atoms with Crippen LogP contribution in [0.5, 0.6) is 5.75 Å². The van der Waals surface area contributed by atoms with Crippen molar-refractivity contribution in [3.63, 3.8) is 0 Å². The van der Waals surface area contributed by atoms with E-state index in [0.717, 1.165) is 11.3 Å². The van der Waals surface area contributed by atoms with Crippen molar-refractivity contribution in [2.45, 2.75) is 13.0 Å². The molecule has 1 aliphatic rings. The molecule has 0 bridgehead atoms. The Bertz CT molecular complexity index is 705. The minimum atomic E-state index is -0.776. The van der Waals surface area contributed by atoms with Crippen molar-refractivity contribution < 1.29 is 13.7 Å². The van der Waals surface area contributed by atoms with Crippen LogP contribution in [0.4, 0.5) is 0 Å². The molecule has 0 unspecified atom stereocenters. The molecule has 1 saturated heterocycles. The van der Waals surface area contributed by atoms with E-state index in [1.54, 1.807) is 17.0 Å². The van der Waals surface area contributed by atoms with Crippen LogP contribution in [0.2, 0.25) is 0 Å². The van der Waals surface area contributed by atoms with Crippen LogP contribution in [-0.2, 0) is 10.8 Å². The van der Waals surface area contributed by atoms with E-state index >= 15 is 0 Å². The molecule has 1 amide bonds. The van der Waals surface area contributed by atoms with Crippen molar-refractivity contribution in [1.29, 1.82) is 0 Å². The molecule has 0 saturated carbocycles. The molecule has 5 heteroatoms. The molecule has 1 aliphatic heterocycles. The van der Waals surface area contributed by atoms with Gasteiger partial charge in [0.15, 0.2) is 0 Å². The summed E-state index contributed by atoms with van der Waals surface area (Å²) in [6.07, 6.45) is -0.0511. The molecule has 4 nitrogen and oxygen atoms in total. The van der Waals surface area contributed by atoms with Crippen molar-refractivity contribution in [3.05, 3.63) is 65.7 Å². The third-order valence-corrected chi connectivity index (χ3v) is 5.42. The van der Waals surface area contributed by atoms with Crippen LogP contribution in [0.3, 0.4) is 0 Å². The fourth-order valence-corrected chi connectivity index (χ4v) is 3.75. The summed E-state index contributed by atoms with van der Waals surface area (Å²) in [4.78, 5) is 14.2. The molecule has 2 aromatic carbocycles. The summed E-state index contributed by atoms with van der Waals surface area (Å²) >= 11 is 0. The summed E-state index contributed by atoms with van der Waals surface area (Å²) in [7, 11) is -0.776. The number of ether oxygens (including phenoxy) is 1. The van der Waals surface area contributed by atoms with Crippen LogP contribution in [-0.4, -0.2) is 39.6 Å². The molecule has 1 atom stereocenters. The van der Waals surface area contributed by atoms with Gasteiger partial charge >= 0.3 is 0 Å². The SMILES string of the molecule is C[C@H](Oc1ccc(C(=O)N2CCS(=O)CC2)cc1)c1ccccc1. The molecule has 0 N–H and O–H groups in total. The van der Waals surface area contributed by atoms with E-state index in [1.807, 2.05) is 49.4 Å². The number of hydrogen-bond acceptors (Lipinski definition) is 3. The summed E-state index contributed by atoms with van der Waals surface area (Å²) < 4.78 is 17.3. The van der Waals surface area contributed by atoms with Crippen molar-refractivity contribution in [1.82, 2.24) is 4.90 Å². The van der Waals surface area contributed by atoms with E-state index in [-0.39, 0.29) is 12.0 Å². The molecule has 126 valence electrons. The van der Waals surface area contributed by atoms with Gasteiger partial charge in [0, 0.05) is 41.0 Å². The Hall–Kier alpha value is -2.14. The Kier molecular flexibility index (Phi) is 5.30. The van der Waals surface area contributed by atoms with Crippen LogP contribution in [0.25, 0.3) is 0 Å². The third kappa shape index (κ3) is 4.03. The molecular formula is C19H21NO3S. The lowest BCUT2D eigenvalue weighted by Crippen LogP contribution is -2.41. The highest BCUT2D eigenvalue weighted by Crippen LogP contribution is 2.22. The highest BCUT2D eigenvalue weighted by Gasteiger charge is 2.21. The number of amides is 1. The van der Waals surface area contributed by atoms with Gasteiger partial charge in [-0.05, 0) is 36.8 Å². The van der Waals surface area contributed by atoms with Crippen molar-refractivity contribution in [2.75, 3.05) is 24.6 Å². The van der Waals surface area contributed by atoms with E-state index in [9.17, 15) is 9.00 Å². The van der Waals surface area contributed by atoms with Gasteiger partial charge in [0.05, 0.1) is 0 Å². The molecule has 0 aromatic heterocycles. The van der Waals surface area contributed by atoms with Crippen molar-refractivity contribution in [2.24, 2.45) is 0 Å². The van der Waals surface area contributed by atoms with Gasteiger partial charge in [-0.25, -0.2) is 0 Å². The highest BCUT2D eigenvalue weighted by atomic mass is 32.2. The van der Waals surface area contributed by atoms with Gasteiger partial charge < -0.3 is 9.64 Å². The molecular weight excluding hydrogens is 322 g/mol. The summed E-state index contributed by atoms with van der Waals surface area (Å²) in [6.45, 7) is 3.13. The number of rotatable bonds is 4. The first kappa shape index (κ1) is 16.7. The smallest absolute Gasteiger partial charge is 0.253 e. The first-order chi connectivity index (χ1) is 11.6. The van der Waals surface area contributed by atoms with Gasteiger partial charge in [-0.3, -0.25) is 9.00 Å². The van der Waals surface area contributed by atoms with Crippen LogP contribution in [0, 0.1) is 0 Å². The predicted molar refractivity (Wildman–Crippen MR) is 95.7 cm³/mol. The lowest BCUT2D eigenvalue weighted by atomic mass is 10.1. The summed E-state index contributed by atoms with van der Waals surface area (Å²) in [6, 6.07) is 17.3. The Morgan fingerprint density at radius 2 is 1.67 bits per heavy atom. The minimum absolute atomic E-state index is 0.00522. The number of benzene rings is 2. The Balaban J connectivity index is 1.63. The van der Waals surface area contributed by atoms with Crippen molar-refractivity contribution in [3.8, 4) is 5.75 Å². The summed E-state index contributed by atoms with van der Waals surface area (Å²) in [5.41, 5.74) is 1.75. The lowest BCUT2D eigenvalue weighted by molar-refractivity contribution is 0.0771. The van der Waals surface area contributed by atoms with Gasteiger partial charge in [0.1, 0.15) is 11.9 Å². The van der Waals surface area contributed by atoms with Gasteiger partial charge in [0.2, 0.25) is 0 Å².